The lowest BCUT2D eigenvalue weighted by Crippen LogP contribution is -2.46. The lowest BCUT2D eigenvalue weighted by molar-refractivity contribution is 0.0943. The molecule has 3 rings (SSSR count). The van der Waals surface area contributed by atoms with Gasteiger partial charge in [-0.05, 0) is 49.0 Å². The highest BCUT2D eigenvalue weighted by Crippen LogP contribution is 2.23. The third kappa shape index (κ3) is 4.92. The predicted molar refractivity (Wildman–Crippen MR) is 109 cm³/mol. The van der Waals surface area contributed by atoms with Crippen molar-refractivity contribution in [1.82, 2.24) is 21.2 Å². The van der Waals surface area contributed by atoms with Crippen LogP contribution in [0.5, 0.6) is 5.75 Å². The van der Waals surface area contributed by atoms with E-state index in [4.69, 9.17) is 17.0 Å². The minimum Gasteiger partial charge on any atom is -0.487 e. The standard InChI is InChI=1S/C20H20N4O2S/c1-2-21-20(27)24-23-19(25)16-10-8-14(9-11-16)13-26-17-7-3-5-15-6-4-12-22-18(15)17/h3-12H,2,13H2,1H3,(H,23,25)(H2,21,24,27). The van der Waals surface area contributed by atoms with Gasteiger partial charge in [0.1, 0.15) is 17.9 Å². The van der Waals surface area contributed by atoms with E-state index in [2.05, 4.69) is 21.2 Å². The molecule has 0 atom stereocenters. The van der Waals surface area contributed by atoms with E-state index in [1.807, 2.05) is 49.4 Å². The number of hydrazine groups is 1. The lowest BCUT2D eigenvalue weighted by atomic mass is 10.1. The number of thiocarbonyl (C=S) groups is 1. The van der Waals surface area contributed by atoms with Gasteiger partial charge in [0.05, 0.1) is 0 Å². The number of pyridine rings is 1. The molecule has 0 saturated carbocycles. The zero-order chi connectivity index (χ0) is 19.1. The Morgan fingerprint density at radius 2 is 1.85 bits per heavy atom. The number of nitrogens with zero attached hydrogens (tertiary/aromatic N) is 1. The first kappa shape index (κ1) is 18.6. The Hall–Kier alpha value is -3.19. The molecule has 0 aliphatic rings. The van der Waals surface area contributed by atoms with Crippen LogP contribution in [0, 0.1) is 0 Å². The fourth-order valence-corrected chi connectivity index (χ4v) is 2.69. The number of ether oxygens (including phenoxy) is 1. The first-order valence-corrected chi connectivity index (χ1v) is 8.98. The number of hydrogen-bond acceptors (Lipinski definition) is 4. The minimum atomic E-state index is -0.263. The van der Waals surface area contributed by atoms with Crippen LogP contribution in [0.2, 0.25) is 0 Å². The second-order valence-electron chi connectivity index (χ2n) is 5.76. The van der Waals surface area contributed by atoms with Crippen LogP contribution in [0.3, 0.4) is 0 Å². The zero-order valence-electron chi connectivity index (χ0n) is 14.9. The van der Waals surface area contributed by atoms with Crippen molar-refractivity contribution in [3.63, 3.8) is 0 Å². The first-order valence-electron chi connectivity index (χ1n) is 8.57. The number of carbonyl (C=O) groups excluding carboxylic acids is 1. The molecule has 0 aliphatic heterocycles. The van der Waals surface area contributed by atoms with Gasteiger partial charge in [-0.2, -0.15) is 0 Å². The van der Waals surface area contributed by atoms with Crippen molar-refractivity contribution >= 4 is 34.1 Å². The molecule has 0 bridgehead atoms. The molecule has 3 N–H and O–H groups in total. The van der Waals surface area contributed by atoms with Gasteiger partial charge in [0.25, 0.3) is 5.91 Å². The quantitative estimate of drug-likeness (QED) is 0.467. The van der Waals surface area contributed by atoms with Gasteiger partial charge in [-0.1, -0.05) is 30.3 Å². The molecule has 1 aromatic heterocycles. The Morgan fingerprint density at radius 3 is 2.63 bits per heavy atom. The van der Waals surface area contributed by atoms with Gasteiger partial charge in [0, 0.05) is 23.7 Å². The van der Waals surface area contributed by atoms with Crippen LogP contribution in [0.4, 0.5) is 0 Å². The smallest absolute Gasteiger partial charge is 0.269 e. The molecule has 138 valence electrons. The maximum Gasteiger partial charge on any atom is 0.269 e. The van der Waals surface area contributed by atoms with Gasteiger partial charge >= 0.3 is 0 Å². The number of nitrogens with one attached hydrogen (secondary N) is 3. The molecule has 0 fully saturated rings. The number of rotatable bonds is 5. The summed E-state index contributed by atoms with van der Waals surface area (Å²) in [6.45, 7) is 2.99. The highest BCUT2D eigenvalue weighted by atomic mass is 32.1. The van der Waals surface area contributed by atoms with Gasteiger partial charge in [0.15, 0.2) is 5.11 Å². The molecule has 0 saturated heterocycles. The number of carbonyl (C=O) groups is 1. The molecule has 3 aromatic rings. The van der Waals surface area contributed by atoms with Crippen LogP contribution in [0.25, 0.3) is 10.9 Å². The average molecular weight is 380 g/mol. The summed E-state index contributed by atoms with van der Waals surface area (Å²) in [6, 6.07) is 16.9. The molecule has 6 nitrogen and oxygen atoms in total. The molecular weight excluding hydrogens is 360 g/mol. The fourth-order valence-electron chi connectivity index (χ4n) is 2.50. The van der Waals surface area contributed by atoms with Crippen LogP contribution in [-0.4, -0.2) is 22.5 Å². The van der Waals surface area contributed by atoms with Crippen molar-refractivity contribution in [3.05, 3.63) is 71.9 Å². The monoisotopic (exact) mass is 380 g/mol. The summed E-state index contributed by atoms with van der Waals surface area (Å²) in [5, 5.41) is 4.30. The summed E-state index contributed by atoms with van der Waals surface area (Å²) < 4.78 is 5.91. The maximum absolute atomic E-state index is 12.1. The largest absolute Gasteiger partial charge is 0.487 e. The molecule has 0 radical (unpaired) electrons. The molecule has 2 aromatic carbocycles. The first-order chi connectivity index (χ1) is 13.2. The highest BCUT2D eigenvalue weighted by Gasteiger charge is 2.07. The Kier molecular flexibility index (Phi) is 6.17. The van der Waals surface area contributed by atoms with Crippen molar-refractivity contribution in [2.24, 2.45) is 0 Å². The van der Waals surface area contributed by atoms with Crippen molar-refractivity contribution in [2.45, 2.75) is 13.5 Å². The van der Waals surface area contributed by atoms with Crippen molar-refractivity contribution < 1.29 is 9.53 Å². The third-order valence-corrected chi connectivity index (χ3v) is 4.08. The van der Waals surface area contributed by atoms with E-state index in [1.165, 1.54) is 0 Å². The fraction of sp³-hybridized carbons (Fsp3) is 0.150. The van der Waals surface area contributed by atoms with Gasteiger partial charge < -0.3 is 10.1 Å². The molecule has 0 unspecified atom stereocenters. The van der Waals surface area contributed by atoms with Crippen molar-refractivity contribution in [1.29, 1.82) is 0 Å². The average Bonchev–Trinajstić information content (AvgIpc) is 2.71. The Morgan fingerprint density at radius 1 is 1.07 bits per heavy atom. The van der Waals surface area contributed by atoms with Crippen molar-refractivity contribution in [2.75, 3.05) is 6.54 Å². The summed E-state index contributed by atoms with van der Waals surface area (Å²) in [6.07, 6.45) is 1.75. The summed E-state index contributed by atoms with van der Waals surface area (Å²) in [5.41, 5.74) is 7.51. The SMILES string of the molecule is CCNC(=S)NNC(=O)c1ccc(COc2cccc3cccnc23)cc1. The minimum absolute atomic E-state index is 0.263. The third-order valence-electron chi connectivity index (χ3n) is 3.83. The van der Waals surface area contributed by atoms with Gasteiger partial charge in [-0.15, -0.1) is 0 Å². The number of hydrogen-bond donors (Lipinski definition) is 3. The summed E-state index contributed by atoms with van der Waals surface area (Å²) in [5.74, 6) is 0.469. The van der Waals surface area contributed by atoms with E-state index < -0.39 is 0 Å². The molecule has 1 amide bonds. The summed E-state index contributed by atoms with van der Waals surface area (Å²) in [4.78, 5) is 16.5. The molecule has 1 heterocycles. The second-order valence-corrected chi connectivity index (χ2v) is 6.16. The predicted octanol–water partition coefficient (Wildman–Crippen LogP) is 2.94. The van der Waals surface area contributed by atoms with E-state index in [0.29, 0.717) is 23.8 Å². The van der Waals surface area contributed by atoms with E-state index in [-0.39, 0.29) is 5.91 Å². The molecular formula is C20H20N4O2S. The van der Waals surface area contributed by atoms with E-state index in [0.717, 1.165) is 22.2 Å². The normalized spacial score (nSPS) is 10.3. The second kappa shape index (κ2) is 8.95. The van der Waals surface area contributed by atoms with E-state index in [1.54, 1.807) is 18.3 Å². The van der Waals surface area contributed by atoms with Crippen molar-refractivity contribution in [3.8, 4) is 5.75 Å². The number of aromatic nitrogens is 1. The number of fused-ring (bicyclic) bond motifs is 1. The summed E-state index contributed by atoms with van der Waals surface area (Å²) in [7, 11) is 0. The molecule has 27 heavy (non-hydrogen) atoms. The Balaban J connectivity index is 1.59. The Labute approximate surface area is 162 Å². The molecule has 0 spiro atoms. The van der Waals surface area contributed by atoms with E-state index >= 15 is 0 Å². The zero-order valence-corrected chi connectivity index (χ0v) is 15.7. The lowest BCUT2D eigenvalue weighted by Gasteiger charge is -2.11. The van der Waals surface area contributed by atoms with Crippen LogP contribution in [0.1, 0.15) is 22.8 Å². The number of amides is 1. The van der Waals surface area contributed by atoms with Crippen LogP contribution in [0.15, 0.2) is 60.8 Å². The van der Waals surface area contributed by atoms with Crippen LogP contribution >= 0.6 is 12.2 Å². The van der Waals surface area contributed by atoms with Gasteiger partial charge in [0.2, 0.25) is 0 Å². The maximum atomic E-state index is 12.1. The number of benzene rings is 2. The van der Waals surface area contributed by atoms with E-state index in [9.17, 15) is 4.79 Å². The molecule has 0 aliphatic carbocycles. The Bertz CT molecular complexity index is 939. The summed E-state index contributed by atoms with van der Waals surface area (Å²) >= 11 is 5.00. The van der Waals surface area contributed by atoms with Gasteiger partial charge in [-0.3, -0.25) is 20.6 Å². The van der Waals surface area contributed by atoms with Crippen LogP contribution < -0.4 is 20.9 Å². The van der Waals surface area contributed by atoms with Crippen LogP contribution in [-0.2, 0) is 6.61 Å². The number of para-hydroxylation sites is 1. The topological polar surface area (TPSA) is 75.3 Å². The highest BCUT2D eigenvalue weighted by molar-refractivity contribution is 7.80. The molecule has 7 heteroatoms. The van der Waals surface area contributed by atoms with Gasteiger partial charge in [-0.25, -0.2) is 0 Å².